The molecule has 4 nitrogen and oxygen atoms in total. The molecule has 17 heavy (non-hydrogen) atoms. The van der Waals surface area contributed by atoms with Crippen molar-refractivity contribution in [1.29, 1.82) is 0 Å². The van der Waals surface area contributed by atoms with Crippen LogP contribution >= 0.6 is 0 Å². The van der Waals surface area contributed by atoms with Gasteiger partial charge >= 0.3 is 0 Å². The van der Waals surface area contributed by atoms with Crippen LogP contribution < -0.4 is 5.32 Å². The van der Waals surface area contributed by atoms with Crippen LogP contribution in [-0.2, 0) is 17.8 Å². The summed E-state index contributed by atoms with van der Waals surface area (Å²) in [5, 5.41) is 7.88. The third-order valence-corrected chi connectivity index (χ3v) is 2.85. The first kappa shape index (κ1) is 14.2. The van der Waals surface area contributed by atoms with Gasteiger partial charge in [-0.05, 0) is 34.6 Å². The molecule has 1 unspecified atom stereocenters. The molecule has 1 N–H and O–H groups in total. The second kappa shape index (κ2) is 5.65. The van der Waals surface area contributed by atoms with Crippen LogP contribution in [0.25, 0.3) is 0 Å². The minimum absolute atomic E-state index is 0.133. The molecule has 0 aliphatic carbocycles. The fourth-order valence-electron chi connectivity index (χ4n) is 1.52. The second-order valence-corrected chi connectivity index (χ2v) is 5.59. The zero-order valence-electron chi connectivity index (χ0n) is 11.9. The first-order valence-corrected chi connectivity index (χ1v) is 6.12. The molecule has 1 atom stereocenters. The Morgan fingerprint density at radius 3 is 2.65 bits per heavy atom. The number of aromatic nitrogens is 2. The molecule has 0 aromatic carbocycles. The molecule has 0 spiro atoms. The Labute approximate surface area is 104 Å². The Morgan fingerprint density at radius 1 is 1.47 bits per heavy atom. The van der Waals surface area contributed by atoms with E-state index in [0.717, 1.165) is 13.1 Å². The van der Waals surface area contributed by atoms with Crippen molar-refractivity contribution in [2.75, 3.05) is 7.11 Å². The quantitative estimate of drug-likeness (QED) is 0.855. The highest BCUT2D eigenvalue weighted by atomic mass is 16.5. The average molecular weight is 239 g/mol. The lowest BCUT2D eigenvalue weighted by molar-refractivity contribution is 0.0992. The zero-order chi connectivity index (χ0) is 13.1. The molecule has 0 saturated carbocycles. The Kier molecular flexibility index (Phi) is 4.71. The number of hydrogen-bond donors (Lipinski definition) is 1. The Hall–Kier alpha value is -0.870. The summed E-state index contributed by atoms with van der Waals surface area (Å²) in [5.74, 6) is 0. The molecule has 0 radical (unpaired) electrons. The van der Waals surface area contributed by atoms with Crippen molar-refractivity contribution < 1.29 is 4.74 Å². The summed E-state index contributed by atoms with van der Waals surface area (Å²) >= 11 is 0. The van der Waals surface area contributed by atoms with E-state index in [2.05, 4.69) is 38.1 Å². The number of hydrogen-bond acceptors (Lipinski definition) is 3. The second-order valence-electron chi connectivity index (χ2n) is 5.59. The lowest BCUT2D eigenvalue weighted by Crippen LogP contribution is -2.35. The third kappa shape index (κ3) is 4.48. The van der Waals surface area contributed by atoms with Gasteiger partial charge in [-0.2, -0.15) is 5.10 Å². The van der Waals surface area contributed by atoms with Crippen LogP contribution in [0.5, 0.6) is 0 Å². The number of methoxy groups -OCH3 is 1. The molecular weight excluding hydrogens is 214 g/mol. The summed E-state index contributed by atoms with van der Waals surface area (Å²) in [7, 11) is 1.73. The minimum Gasteiger partial charge on any atom is -0.380 e. The van der Waals surface area contributed by atoms with E-state index in [9.17, 15) is 0 Å². The van der Waals surface area contributed by atoms with Gasteiger partial charge in [0.2, 0.25) is 0 Å². The summed E-state index contributed by atoms with van der Waals surface area (Å²) < 4.78 is 7.26. The van der Waals surface area contributed by atoms with E-state index < -0.39 is 0 Å². The van der Waals surface area contributed by atoms with Crippen LogP contribution in [0.2, 0.25) is 0 Å². The number of nitrogens with one attached hydrogen (secondary N) is 1. The van der Waals surface area contributed by atoms with Crippen molar-refractivity contribution >= 4 is 0 Å². The molecule has 0 aliphatic rings. The van der Waals surface area contributed by atoms with Crippen molar-refractivity contribution in [3.8, 4) is 0 Å². The van der Waals surface area contributed by atoms with E-state index in [1.807, 2.05) is 17.8 Å². The summed E-state index contributed by atoms with van der Waals surface area (Å²) in [4.78, 5) is 0. The number of nitrogens with zero attached hydrogens (tertiary/aromatic N) is 2. The maximum absolute atomic E-state index is 5.26. The normalized spacial score (nSPS) is 14.0. The SMILES string of the molecule is COC(C)Cn1ncc(CNC(C)(C)C)c1C. The van der Waals surface area contributed by atoms with Crippen molar-refractivity contribution in [3.63, 3.8) is 0 Å². The van der Waals surface area contributed by atoms with Crippen LogP contribution in [0.3, 0.4) is 0 Å². The molecule has 98 valence electrons. The van der Waals surface area contributed by atoms with Crippen molar-refractivity contribution in [2.24, 2.45) is 0 Å². The molecule has 0 saturated heterocycles. The van der Waals surface area contributed by atoms with Gasteiger partial charge in [0.15, 0.2) is 0 Å². The van der Waals surface area contributed by atoms with Crippen molar-refractivity contribution in [1.82, 2.24) is 15.1 Å². The predicted octanol–water partition coefficient (Wildman–Crippen LogP) is 2.11. The molecule has 1 rings (SSSR count). The van der Waals surface area contributed by atoms with E-state index in [1.165, 1.54) is 11.3 Å². The molecule has 4 heteroatoms. The van der Waals surface area contributed by atoms with Gasteiger partial charge in [0.25, 0.3) is 0 Å². The summed E-state index contributed by atoms with van der Waals surface area (Å²) in [6.07, 6.45) is 2.13. The highest BCUT2D eigenvalue weighted by Crippen LogP contribution is 2.10. The van der Waals surface area contributed by atoms with E-state index >= 15 is 0 Å². The molecule has 0 amide bonds. The van der Waals surface area contributed by atoms with E-state index in [4.69, 9.17) is 4.74 Å². The molecule has 0 bridgehead atoms. The largest absolute Gasteiger partial charge is 0.380 e. The number of ether oxygens (including phenoxy) is 1. The third-order valence-electron chi connectivity index (χ3n) is 2.85. The van der Waals surface area contributed by atoms with E-state index in [0.29, 0.717) is 0 Å². The van der Waals surface area contributed by atoms with Crippen LogP contribution in [-0.4, -0.2) is 28.5 Å². The first-order chi connectivity index (χ1) is 7.83. The first-order valence-electron chi connectivity index (χ1n) is 6.12. The maximum Gasteiger partial charge on any atom is 0.0739 e. The Bertz CT molecular complexity index is 352. The fraction of sp³-hybridized carbons (Fsp3) is 0.769. The van der Waals surface area contributed by atoms with Gasteiger partial charge < -0.3 is 10.1 Å². The summed E-state index contributed by atoms with van der Waals surface area (Å²) in [6, 6.07) is 0. The minimum atomic E-state index is 0.133. The van der Waals surface area contributed by atoms with Gasteiger partial charge in [-0.1, -0.05) is 0 Å². The van der Waals surface area contributed by atoms with Crippen LogP contribution in [0.4, 0.5) is 0 Å². The van der Waals surface area contributed by atoms with Crippen LogP contribution in [0.1, 0.15) is 39.0 Å². The molecule has 1 aromatic rings. The van der Waals surface area contributed by atoms with E-state index in [1.54, 1.807) is 7.11 Å². The van der Waals surface area contributed by atoms with Gasteiger partial charge in [-0.3, -0.25) is 4.68 Å². The lowest BCUT2D eigenvalue weighted by atomic mass is 10.1. The van der Waals surface area contributed by atoms with Gasteiger partial charge in [-0.25, -0.2) is 0 Å². The smallest absolute Gasteiger partial charge is 0.0739 e. The highest BCUT2D eigenvalue weighted by molar-refractivity contribution is 5.16. The Morgan fingerprint density at radius 2 is 2.12 bits per heavy atom. The predicted molar refractivity (Wildman–Crippen MR) is 70.0 cm³/mol. The molecular formula is C13H25N3O. The van der Waals surface area contributed by atoms with Gasteiger partial charge in [0, 0.05) is 30.5 Å². The fourth-order valence-corrected chi connectivity index (χ4v) is 1.52. The van der Waals surface area contributed by atoms with Crippen LogP contribution in [0.15, 0.2) is 6.20 Å². The maximum atomic E-state index is 5.26. The van der Waals surface area contributed by atoms with Gasteiger partial charge in [-0.15, -0.1) is 0 Å². The summed E-state index contributed by atoms with van der Waals surface area (Å²) in [5.41, 5.74) is 2.60. The molecule has 0 fully saturated rings. The van der Waals surface area contributed by atoms with E-state index in [-0.39, 0.29) is 11.6 Å². The van der Waals surface area contributed by atoms with Crippen molar-refractivity contribution in [3.05, 3.63) is 17.5 Å². The van der Waals surface area contributed by atoms with Gasteiger partial charge in [0.05, 0.1) is 18.8 Å². The van der Waals surface area contributed by atoms with Crippen molar-refractivity contribution in [2.45, 2.75) is 59.4 Å². The monoisotopic (exact) mass is 239 g/mol. The van der Waals surface area contributed by atoms with Crippen LogP contribution in [0, 0.1) is 6.92 Å². The molecule has 0 aliphatic heterocycles. The topological polar surface area (TPSA) is 39.1 Å². The number of rotatable bonds is 5. The zero-order valence-corrected chi connectivity index (χ0v) is 11.9. The van der Waals surface area contributed by atoms with Gasteiger partial charge in [0.1, 0.15) is 0 Å². The Balaban J connectivity index is 2.64. The molecule has 1 heterocycles. The molecule has 1 aromatic heterocycles. The standard InChI is InChI=1S/C13H25N3O/c1-10(17-6)9-16-11(2)12(8-15-16)7-14-13(3,4)5/h8,10,14H,7,9H2,1-6H3. The summed E-state index contributed by atoms with van der Waals surface area (Å²) in [6.45, 7) is 12.3. The highest BCUT2D eigenvalue weighted by Gasteiger charge is 2.12. The average Bonchev–Trinajstić information content (AvgIpc) is 2.56. The lowest BCUT2D eigenvalue weighted by Gasteiger charge is -2.20.